The summed E-state index contributed by atoms with van der Waals surface area (Å²) in [4.78, 5) is 13.2. The molecule has 0 amide bonds. The normalized spacial score (nSPS) is 16.6. The molecule has 0 fully saturated rings. The predicted molar refractivity (Wildman–Crippen MR) is 77.4 cm³/mol. The van der Waals surface area contributed by atoms with Crippen LogP contribution >= 0.6 is 0 Å². The average molecular weight is 273 g/mol. The number of carboxylic acid groups (broad SMARTS) is 1. The van der Waals surface area contributed by atoms with Crippen LogP contribution in [0.2, 0.25) is 0 Å². The Labute approximate surface area is 117 Å². The molecular formula is C15H19N3O2. The van der Waals surface area contributed by atoms with E-state index in [2.05, 4.69) is 28.6 Å². The third-order valence-corrected chi connectivity index (χ3v) is 4.03. The molecule has 1 aromatic heterocycles. The van der Waals surface area contributed by atoms with Gasteiger partial charge in [0.15, 0.2) is 0 Å². The molecule has 20 heavy (non-hydrogen) atoms. The van der Waals surface area contributed by atoms with E-state index in [4.69, 9.17) is 10.8 Å². The number of nitrogens with zero attached hydrogens (tertiary/aromatic N) is 2. The summed E-state index contributed by atoms with van der Waals surface area (Å²) in [6.07, 6.45) is 2.35. The van der Waals surface area contributed by atoms with Crippen LogP contribution in [0.3, 0.4) is 0 Å². The molecule has 1 atom stereocenters. The van der Waals surface area contributed by atoms with Crippen molar-refractivity contribution < 1.29 is 9.90 Å². The number of fused-ring (bicyclic) bond motifs is 2. The highest BCUT2D eigenvalue weighted by Gasteiger charge is 2.20. The summed E-state index contributed by atoms with van der Waals surface area (Å²) < 4.78 is 2.05. The van der Waals surface area contributed by atoms with E-state index in [1.807, 2.05) is 13.2 Å². The molecule has 3 rings (SSSR count). The molecule has 0 spiro atoms. The number of rotatable bonds is 3. The number of aryl methyl sites for hydroxylation is 1. The van der Waals surface area contributed by atoms with Crippen LogP contribution in [-0.2, 0) is 31.4 Å². The summed E-state index contributed by atoms with van der Waals surface area (Å²) in [5.74, 6) is -0.956. The molecule has 106 valence electrons. The smallest absolute Gasteiger partial charge is 0.320 e. The van der Waals surface area contributed by atoms with E-state index in [1.54, 1.807) is 0 Å². The first kappa shape index (κ1) is 13.1. The second-order valence-electron chi connectivity index (χ2n) is 5.72. The Balaban J connectivity index is 2.06. The SMILES string of the molecule is CN1Cc2cc3c(CC(N)C(=O)O)cn(C)c3cc2C1. The van der Waals surface area contributed by atoms with Crippen LogP contribution in [0.15, 0.2) is 18.3 Å². The number of aromatic nitrogens is 1. The molecule has 0 saturated heterocycles. The van der Waals surface area contributed by atoms with Crippen molar-refractivity contribution in [3.05, 3.63) is 35.0 Å². The van der Waals surface area contributed by atoms with Gasteiger partial charge in [0, 0.05) is 43.7 Å². The van der Waals surface area contributed by atoms with Gasteiger partial charge in [-0.3, -0.25) is 9.69 Å². The van der Waals surface area contributed by atoms with Crippen LogP contribution in [0, 0.1) is 0 Å². The van der Waals surface area contributed by atoms with E-state index < -0.39 is 12.0 Å². The second-order valence-corrected chi connectivity index (χ2v) is 5.72. The zero-order valence-corrected chi connectivity index (χ0v) is 11.8. The van der Waals surface area contributed by atoms with Crippen molar-refractivity contribution in [2.45, 2.75) is 25.6 Å². The molecule has 3 N–H and O–H groups in total. The van der Waals surface area contributed by atoms with Crippen molar-refractivity contribution in [3.63, 3.8) is 0 Å². The molecule has 1 unspecified atom stereocenters. The molecule has 1 aliphatic rings. The second kappa shape index (κ2) is 4.61. The lowest BCUT2D eigenvalue weighted by molar-refractivity contribution is -0.138. The Morgan fingerprint density at radius 3 is 2.65 bits per heavy atom. The Morgan fingerprint density at radius 1 is 1.35 bits per heavy atom. The summed E-state index contributed by atoms with van der Waals surface area (Å²) in [5, 5.41) is 10.1. The molecule has 0 bridgehead atoms. The molecule has 1 aromatic carbocycles. The maximum absolute atomic E-state index is 10.9. The van der Waals surface area contributed by atoms with Gasteiger partial charge in [0.2, 0.25) is 0 Å². The first-order chi connectivity index (χ1) is 9.45. The van der Waals surface area contributed by atoms with Crippen LogP contribution in [0.5, 0.6) is 0 Å². The van der Waals surface area contributed by atoms with Gasteiger partial charge in [-0.05, 0) is 35.9 Å². The highest BCUT2D eigenvalue weighted by molar-refractivity contribution is 5.86. The Kier molecular flexibility index (Phi) is 3.03. The molecule has 0 radical (unpaired) electrons. The first-order valence-electron chi connectivity index (χ1n) is 6.72. The van der Waals surface area contributed by atoms with Gasteiger partial charge >= 0.3 is 5.97 Å². The zero-order chi connectivity index (χ0) is 14.4. The summed E-state index contributed by atoms with van der Waals surface area (Å²) in [5.41, 5.74) is 10.5. The minimum Gasteiger partial charge on any atom is -0.480 e. The topological polar surface area (TPSA) is 71.5 Å². The average Bonchev–Trinajstić information content (AvgIpc) is 2.87. The molecule has 5 nitrogen and oxygen atoms in total. The quantitative estimate of drug-likeness (QED) is 0.878. The highest BCUT2D eigenvalue weighted by atomic mass is 16.4. The van der Waals surface area contributed by atoms with Gasteiger partial charge in [-0.15, -0.1) is 0 Å². The van der Waals surface area contributed by atoms with Gasteiger partial charge < -0.3 is 15.4 Å². The number of nitrogens with two attached hydrogens (primary N) is 1. The van der Waals surface area contributed by atoms with Crippen molar-refractivity contribution in [2.24, 2.45) is 12.8 Å². The third-order valence-electron chi connectivity index (χ3n) is 4.03. The maximum atomic E-state index is 10.9. The monoisotopic (exact) mass is 273 g/mol. The molecular weight excluding hydrogens is 254 g/mol. The molecule has 1 aliphatic heterocycles. The summed E-state index contributed by atoms with van der Waals surface area (Å²) in [6.45, 7) is 1.92. The number of carbonyl (C=O) groups is 1. The number of carboxylic acids is 1. The number of hydrogen-bond donors (Lipinski definition) is 2. The fourth-order valence-electron chi connectivity index (χ4n) is 3.02. The van der Waals surface area contributed by atoms with Gasteiger partial charge in [0.25, 0.3) is 0 Å². The third kappa shape index (κ3) is 2.09. The Morgan fingerprint density at radius 2 is 2.00 bits per heavy atom. The van der Waals surface area contributed by atoms with E-state index in [0.717, 1.165) is 29.6 Å². The Hall–Kier alpha value is -1.85. The lowest BCUT2D eigenvalue weighted by Crippen LogP contribution is -2.32. The fraction of sp³-hybridized carbons (Fsp3) is 0.400. The number of hydrogen-bond acceptors (Lipinski definition) is 3. The van der Waals surface area contributed by atoms with Gasteiger partial charge in [0.05, 0.1) is 0 Å². The summed E-state index contributed by atoms with van der Waals surface area (Å²) >= 11 is 0. The van der Waals surface area contributed by atoms with Crippen LogP contribution in [0.4, 0.5) is 0 Å². The van der Waals surface area contributed by atoms with Crippen molar-refractivity contribution in [2.75, 3.05) is 7.05 Å². The fourth-order valence-corrected chi connectivity index (χ4v) is 3.02. The number of benzene rings is 1. The summed E-state index contributed by atoms with van der Waals surface area (Å²) in [7, 11) is 4.09. The van der Waals surface area contributed by atoms with E-state index >= 15 is 0 Å². The standard InChI is InChI=1S/C15H19N3O2/c1-17-6-9-3-12-11(4-13(16)15(19)20)8-18(2)14(12)5-10(9)7-17/h3,5,8,13H,4,6-7,16H2,1-2H3,(H,19,20). The van der Waals surface area contributed by atoms with Crippen LogP contribution < -0.4 is 5.73 Å². The van der Waals surface area contributed by atoms with Crippen molar-refractivity contribution in [1.82, 2.24) is 9.47 Å². The molecule has 0 aliphatic carbocycles. The van der Waals surface area contributed by atoms with Gasteiger partial charge in [-0.25, -0.2) is 0 Å². The first-order valence-corrected chi connectivity index (χ1v) is 6.72. The molecule has 0 saturated carbocycles. The van der Waals surface area contributed by atoms with Crippen molar-refractivity contribution in [1.29, 1.82) is 0 Å². The van der Waals surface area contributed by atoms with E-state index in [1.165, 1.54) is 11.1 Å². The lowest BCUT2D eigenvalue weighted by Gasteiger charge is -2.05. The van der Waals surface area contributed by atoms with E-state index in [0.29, 0.717) is 6.42 Å². The zero-order valence-electron chi connectivity index (χ0n) is 11.8. The minimum absolute atomic E-state index is 0.362. The van der Waals surface area contributed by atoms with Crippen LogP contribution in [0.25, 0.3) is 10.9 Å². The summed E-state index contributed by atoms with van der Waals surface area (Å²) in [6, 6.07) is 3.55. The van der Waals surface area contributed by atoms with Crippen LogP contribution in [-0.4, -0.2) is 33.6 Å². The Bertz CT molecular complexity index is 690. The number of aliphatic carboxylic acids is 1. The maximum Gasteiger partial charge on any atom is 0.320 e. The highest BCUT2D eigenvalue weighted by Crippen LogP contribution is 2.30. The van der Waals surface area contributed by atoms with Gasteiger partial charge in [-0.1, -0.05) is 0 Å². The van der Waals surface area contributed by atoms with Gasteiger partial charge in [0.1, 0.15) is 6.04 Å². The van der Waals surface area contributed by atoms with Gasteiger partial charge in [-0.2, -0.15) is 0 Å². The van der Waals surface area contributed by atoms with E-state index in [9.17, 15) is 4.79 Å². The largest absolute Gasteiger partial charge is 0.480 e. The minimum atomic E-state index is -0.956. The molecule has 2 aromatic rings. The van der Waals surface area contributed by atoms with Crippen molar-refractivity contribution in [3.8, 4) is 0 Å². The lowest BCUT2D eigenvalue weighted by atomic mass is 10.0. The van der Waals surface area contributed by atoms with Crippen molar-refractivity contribution >= 4 is 16.9 Å². The molecule has 5 heteroatoms. The molecule has 2 heterocycles. The van der Waals surface area contributed by atoms with E-state index in [-0.39, 0.29) is 0 Å². The van der Waals surface area contributed by atoms with Crippen LogP contribution in [0.1, 0.15) is 16.7 Å². The predicted octanol–water partition coefficient (Wildman–Crippen LogP) is 1.08.